The molecular weight excluding hydrogens is 468 g/mol. The highest BCUT2D eigenvalue weighted by Crippen LogP contribution is 2.38. The molecule has 0 bridgehead atoms. The van der Waals surface area contributed by atoms with E-state index >= 15 is 0 Å². The lowest BCUT2D eigenvalue weighted by molar-refractivity contribution is -0.121. The number of rotatable bonds is 5. The number of hydrazone groups is 1. The quantitative estimate of drug-likeness (QED) is 0.513. The second kappa shape index (κ2) is 9.83. The van der Waals surface area contributed by atoms with Gasteiger partial charge in [0.2, 0.25) is 5.91 Å². The summed E-state index contributed by atoms with van der Waals surface area (Å²) in [5.41, 5.74) is 3.65. The number of aliphatic imine (C=N–C) groups is 1. The summed E-state index contributed by atoms with van der Waals surface area (Å²) < 4.78 is 0. The van der Waals surface area contributed by atoms with Crippen molar-refractivity contribution in [1.29, 1.82) is 0 Å². The molecule has 0 aliphatic carbocycles. The van der Waals surface area contributed by atoms with Crippen LogP contribution < -0.4 is 5.32 Å². The van der Waals surface area contributed by atoms with E-state index in [1.165, 1.54) is 11.8 Å². The maximum Gasteiger partial charge on any atom is 0.262 e. The largest absolute Gasteiger partial charge is 0.326 e. The average molecular weight is 489 g/mol. The maximum atomic E-state index is 12.7. The smallest absolute Gasteiger partial charge is 0.262 e. The van der Waals surface area contributed by atoms with Crippen molar-refractivity contribution in [2.75, 3.05) is 5.32 Å². The molecule has 8 heteroatoms. The van der Waals surface area contributed by atoms with Gasteiger partial charge in [0, 0.05) is 23.6 Å². The molecule has 6 nitrogen and oxygen atoms in total. The zero-order valence-electron chi connectivity index (χ0n) is 18.1. The van der Waals surface area contributed by atoms with Gasteiger partial charge in [0.15, 0.2) is 5.17 Å². The van der Waals surface area contributed by atoms with Crippen LogP contribution in [0.3, 0.4) is 0 Å². The van der Waals surface area contributed by atoms with Crippen LogP contribution in [0.1, 0.15) is 30.0 Å². The molecule has 0 aromatic heterocycles. The van der Waals surface area contributed by atoms with Crippen molar-refractivity contribution in [3.8, 4) is 0 Å². The number of nitrogens with one attached hydrogen (secondary N) is 1. The normalized spacial score (nSPS) is 19.7. The van der Waals surface area contributed by atoms with E-state index in [-0.39, 0.29) is 24.3 Å². The number of benzene rings is 3. The number of hydrogen-bond acceptors (Lipinski definition) is 5. The molecule has 1 N–H and O–H groups in total. The Balaban J connectivity index is 1.35. The van der Waals surface area contributed by atoms with Crippen LogP contribution in [0.5, 0.6) is 0 Å². The third-order valence-corrected chi connectivity index (χ3v) is 7.02. The fourth-order valence-electron chi connectivity index (χ4n) is 3.94. The molecule has 3 aromatic rings. The van der Waals surface area contributed by atoms with Gasteiger partial charge in [-0.3, -0.25) is 9.59 Å². The Labute approximate surface area is 206 Å². The van der Waals surface area contributed by atoms with Crippen molar-refractivity contribution in [2.45, 2.75) is 24.1 Å². The first kappa shape index (κ1) is 22.4. The molecule has 0 saturated heterocycles. The Morgan fingerprint density at radius 1 is 1.00 bits per heavy atom. The molecule has 2 atom stereocenters. The molecule has 3 aromatic carbocycles. The van der Waals surface area contributed by atoms with E-state index in [4.69, 9.17) is 16.7 Å². The molecule has 170 valence electrons. The van der Waals surface area contributed by atoms with Crippen molar-refractivity contribution in [3.05, 3.63) is 101 Å². The number of nitrogens with zero attached hydrogens (tertiary/aromatic N) is 3. The number of amidine groups is 1. The first-order valence-electron chi connectivity index (χ1n) is 10.9. The van der Waals surface area contributed by atoms with E-state index in [2.05, 4.69) is 10.3 Å². The third kappa shape index (κ3) is 4.90. The Morgan fingerprint density at radius 2 is 1.68 bits per heavy atom. The van der Waals surface area contributed by atoms with Gasteiger partial charge in [0.25, 0.3) is 5.91 Å². The molecule has 0 radical (unpaired) electrons. The van der Waals surface area contributed by atoms with E-state index in [1.807, 2.05) is 89.9 Å². The first-order chi connectivity index (χ1) is 16.6. The Kier molecular flexibility index (Phi) is 6.47. The lowest BCUT2D eigenvalue weighted by atomic mass is 9.99. The predicted molar refractivity (Wildman–Crippen MR) is 137 cm³/mol. The van der Waals surface area contributed by atoms with Crippen LogP contribution in [0.4, 0.5) is 5.69 Å². The number of carbonyl (C=O) groups is 2. The SMILES string of the molecule is O=C(C[C@@H]1SC(N2N=C(c3ccc(Cl)cc3)C[C@H]2c2ccccc2)=NC1=O)Nc1ccccc1. The van der Waals surface area contributed by atoms with E-state index in [0.29, 0.717) is 22.3 Å². The van der Waals surface area contributed by atoms with Crippen LogP contribution in [0.15, 0.2) is 95.0 Å². The van der Waals surface area contributed by atoms with Gasteiger partial charge in [0.1, 0.15) is 5.25 Å². The summed E-state index contributed by atoms with van der Waals surface area (Å²) in [6.45, 7) is 0. The van der Waals surface area contributed by atoms with Gasteiger partial charge in [-0.1, -0.05) is 84.0 Å². The standard InChI is InChI=1S/C26H21ClN4O2S/c27-19-13-11-17(12-14-19)21-15-22(18-7-3-1-4-8-18)31(30-21)26-29-25(33)23(34-26)16-24(32)28-20-9-5-2-6-10-20/h1-14,22-23H,15-16H2,(H,28,32)/t22-,23-/m0/s1. The molecule has 34 heavy (non-hydrogen) atoms. The Morgan fingerprint density at radius 3 is 2.38 bits per heavy atom. The number of thioether (sulfide) groups is 1. The number of carbonyl (C=O) groups excluding carboxylic acids is 2. The molecule has 0 spiro atoms. The lowest BCUT2D eigenvalue weighted by Crippen LogP contribution is -2.25. The highest BCUT2D eigenvalue weighted by molar-refractivity contribution is 8.15. The molecule has 0 fully saturated rings. The molecule has 2 aliphatic heterocycles. The minimum Gasteiger partial charge on any atom is -0.326 e. The summed E-state index contributed by atoms with van der Waals surface area (Å²) in [6, 6.07) is 26.7. The van der Waals surface area contributed by atoms with Gasteiger partial charge in [0.05, 0.1) is 11.8 Å². The van der Waals surface area contributed by atoms with E-state index in [1.54, 1.807) is 0 Å². The summed E-state index contributed by atoms with van der Waals surface area (Å²) in [7, 11) is 0. The van der Waals surface area contributed by atoms with Gasteiger partial charge >= 0.3 is 0 Å². The minimum atomic E-state index is -0.579. The number of para-hydroxylation sites is 1. The fourth-order valence-corrected chi connectivity index (χ4v) is 5.13. The van der Waals surface area contributed by atoms with Gasteiger partial charge in [-0.2, -0.15) is 10.1 Å². The summed E-state index contributed by atoms with van der Waals surface area (Å²) >= 11 is 7.35. The van der Waals surface area contributed by atoms with E-state index in [0.717, 1.165) is 16.8 Å². The number of anilines is 1. The fraction of sp³-hybridized carbons (Fsp3) is 0.154. The minimum absolute atomic E-state index is 0.0446. The molecule has 2 amide bonds. The third-order valence-electron chi connectivity index (χ3n) is 5.63. The predicted octanol–water partition coefficient (Wildman–Crippen LogP) is 5.52. The van der Waals surface area contributed by atoms with Crippen LogP contribution >= 0.6 is 23.4 Å². The monoisotopic (exact) mass is 488 g/mol. The van der Waals surface area contributed by atoms with Crippen LogP contribution in [-0.4, -0.2) is 33.0 Å². The summed E-state index contributed by atoms with van der Waals surface area (Å²) in [4.78, 5) is 29.5. The number of hydrogen-bond donors (Lipinski definition) is 1. The Bertz CT molecular complexity index is 1260. The van der Waals surface area contributed by atoms with Gasteiger partial charge < -0.3 is 5.32 Å². The van der Waals surface area contributed by atoms with Crippen molar-refractivity contribution in [1.82, 2.24) is 5.01 Å². The molecule has 0 saturated carbocycles. The zero-order chi connectivity index (χ0) is 23.5. The van der Waals surface area contributed by atoms with E-state index < -0.39 is 5.25 Å². The van der Waals surface area contributed by atoms with Gasteiger partial charge in [-0.15, -0.1) is 0 Å². The van der Waals surface area contributed by atoms with Gasteiger partial charge in [-0.05, 0) is 35.4 Å². The Hall–Kier alpha value is -3.42. The van der Waals surface area contributed by atoms with Crippen LogP contribution in [-0.2, 0) is 9.59 Å². The van der Waals surface area contributed by atoms with Crippen molar-refractivity contribution >= 4 is 51.7 Å². The summed E-state index contributed by atoms with van der Waals surface area (Å²) in [6.07, 6.45) is 0.710. The van der Waals surface area contributed by atoms with Crippen molar-refractivity contribution in [3.63, 3.8) is 0 Å². The second-order valence-corrected chi connectivity index (χ2v) is 9.59. The topological polar surface area (TPSA) is 74.1 Å². The summed E-state index contributed by atoms with van der Waals surface area (Å²) in [5.74, 6) is -0.537. The van der Waals surface area contributed by atoms with Crippen molar-refractivity contribution < 1.29 is 9.59 Å². The average Bonchev–Trinajstić information content (AvgIpc) is 3.45. The number of amides is 2. The molecule has 0 unspecified atom stereocenters. The van der Waals surface area contributed by atoms with E-state index in [9.17, 15) is 9.59 Å². The maximum absolute atomic E-state index is 12.7. The highest BCUT2D eigenvalue weighted by Gasteiger charge is 2.39. The van der Waals surface area contributed by atoms with Crippen LogP contribution in [0, 0.1) is 0 Å². The number of halogens is 1. The van der Waals surface area contributed by atoms with Crippen LogP contribution in [0.25, 0.3) is 0 Å². The zero-order valence-corrected chi connectivity index (χ0v) is 19.7. The summed E-state index contributed by atoms with van der Waals surface area (Å²) in [5, 5.41) is 10.1. The van der Waals surface area contributed by atoms with Gasteiger partial charge in [-0.25, -0.2) is 5.01 Å². The molecule has 2 heterocycles. The lowest BCUT2D eigenvalue weighted by Gasteiger charge is -2.23. The molecule has 5 rings (SSSR count). The highest BCUT2D eigenvalue weighted by atomic mass is 35.5. The van der Waals surface area contributed by atoms with Crippen molar-refractivity contribution in [2.24, 2.45) is 10.1 Å². The second-order valence-electron chi connectivity index (χ2n) is 7.99. The molecular formula is C26H21ClN4O2S. The molecule has 2 aliphatic rings. The van der Waals surface area contributed by atoms with Crippen LogP contribution in [0.2, 0.25) is 5.02 Å². The first-order valence-corrected chi connectivity index (χ1v) is 12.1.